The fraction of sp³-hybridized carbons (Fsp3) is 1.00. The van der Waals surface area contributed by atoms with Crippen molar-refractivity contribution in [3.8, 4) is 0 Å². The molecule has 0 N–H and O–H groups in total. The van der Waals surface area contributed by atoms with Crippen LogP contribution in [0.5, 0.6) is 0 Å². The summed E-state index contributed by atoms with van der Waals surface area (Å²) < 4.78 is 10.8. The summed E-state index contributed by atoms with van der Waals surface area (Å²) in [6.07, 6.45) is 0. The van der Waals surface area contributed by atoms with Crippen LogP contribution >= 0.6 is 0 Å². The first-order chi connectivity index (χ1) is 4.35. The first-order valence-corrected chi connectivity index (χ1v) is 7.27. The summed E-state index contributed by atoms with van der Waals surface area (Å²) in [5, 5.41) is 0. The average molecular weight is 189 g/mol. The zero-order valence-corrected chi connectivity index (χ0v) is 8.94. The van der Waals surface area contributed by atoms with Gasteiger partial charge in [-0.3, -0.25) is 0 Å². The Labute approximate surface area is 63.4 Å². The standard InChI is InChI=1S/2C2H5O.C2H5.Ga/c2*1-2-3;1-2;/h2*2H2,1H3;1H2,2H3;/q2*-1;;+2. The molecule has 0 unspecified atom stereocenters. The molecule has 0 aliphatic heterocycles. The molecule has 0 aliphatic carbocycles. The van der Waals surface area contributed by atoms with E-state index in [0.717, 1.165) is 18.2 Å². The van der Waals surface area contributed by atoms with E-state index < -0.39 is 16.9 Å². The average Bonchev–Trinajstić information content (AvgIpc) is 1.88. The molecule has 0 amide bonds. The van der Waals surface area contributed by atoms with Gasteiger partial charge in [0.05, 0.1) is 0 Å². The van der Waals surface area contributed by atoms with Crippen molar-refractivity contribution >= 4 is 16.9 Å². The minimum absolute atomic E-state index is 0.818. The Bertz CT molecular complexity index is 53.0. The van der Waals surface area contributed by atoms with Crippen LogP contribution in [0.2, 0.25) is 4.98 Å². The quantitative estimate of drug-likeness (QED) is 0.611. The van der Waals surface area contributed by atoms with Gasteiger partial charge in [-0.2, -0.15) is 0 Å². The van der Waals surface area contributed by atoms with Crippen molar-refractivity contribution in [3.05, 3.63) is 0 Å². The first kappa shape index (κ1) is 9.56. The molecule has 0 saturated carbocycles. The van der Waals surface area contributed by atoms with E-state index in [2.05, 4.69) is 6.92 Å². The van der Waals surface area contributed by atoms with Crippen LogP contribution in [-0.4, -0.2) is 30.2 Å². The second-order valence-electron chi connectivity index (χ2n) is 1.75. The van der Waals surface area contributed by atoms with E-state index in [1.165, 1.54) is 0 Å². The third kappa shape index (κ3) is 5.02. The molecule has 2 nitrogen and oxygen atoms in total. The molecule has 0 radical (unpaired) electrons. The Morgan fingerprint density at radius 1 is 1.00 bits per heavy atom. The van der Waals surface area contributed by atoms with Gasteiger partial charge in [0.1, 0.15) is 0 Å². The summed E-state index contributed by atoms with van der Waals surface area (Å²) in [6, 6.07) is 0. The number of rotatable bonds is 5. The molecule has 3 heteroatoms. The van der Waals surface area contributed by atoms with Gasteiger partial charge < -0.3 is 0 Å². The maximum absolute atomic E-state index is 5.40. The van der Waals surface area contributed by atoms with Gasteiger partial charge in [0.25, 0.3) is 0 Å². The van der Waals surface area contributed by atoms with E-state index in [9.17, 15) is 0 Å². The van der Waals surface area contributed by atoms with Crippen LogP contribution in [0.1, 0.15) is 20.8 Å². The van der Waals surface area contributed by atoms with Gasteiger partial charge in [-0.25, -0.2) is 0 Å². The molecule has 0 aliphatic rings. The Balaban J connectivity index is 3.18. The van der Waals surface area contributed by atoms with Crippen LogP contribution in [0.15, 0.2) is 0 Å². The molecule has 0 bridgehead atoms. The molecule has 0 atom stereocenters. The zero-order chi connectivity index (χ0) is 7.11. The van der Waals surface area contributed by atoms with Crippen molar-refractivity contribution in [2.45, 2.75) is 25.7 Å². The summed E-state index contributed by atoms with van der Waals surface area (Å²) >= 11 is -1.64. The molecule has 9 heavy (non-hydrogen) atoms. The van der Waals surface area contributed by atoms with E-state index in [4.69, 9.17) is 7.06 Å². The molecule has 0 fully saturated rings. The second-order valence-corrected chi connectivity index (χ2v) is 6.66. The van der Waals surface area contributed by atoms with Crippen molar-refractivity contribution in [2.24, 2.45) is 0 Å². The van der Waals surface area contributed by atoms with Crippen LogP contribution < -0.4 is 0 Å². The number of hydrogen-bond acceptors (Lipinski definition) is 2. The summed E-state index contributed by atoms with van der Waals surface area (Å²) in [5.74, 6) is 0. The van der Waals surface area contributed by atoms with Crippen molar-refractivity contribution < 1.29 is 7.06 Å². The molecular weight excluding hydrogens is 174 g/mol. The molecule has 0 aromatic rings. The van der Waals surface area contributed by atoms with Gasteiger partial charge in [0, 0.05) is 0 Å². The van der Waals surface area contributed by atoms with Gasteiger partial charge in [0.15, 0.2) is 0 Å². The third-order valence-electron chi connectivity index (χ3n) is 1.04. The third-order valence-corrected chi connectivity index (χ3v) is 5.40. The fourth-order valence-electron chi connectivity index (χ4n) is 0.656. The number of hydrogen-bond donors (Lipinski definition) is 0. The van der Waals surface area contributed by atoms with Gasteiger partial charge in [0.2, 0.25) is 0 Å². The van der Waals surface area contributed by atoms with Crippen LogP contribution in [0.25, 0.3) is 0 Å². The zero-order valence-electron chi connectivity index (χ0n) is 6.52. The predicted octanol–water partition coefficient (Wildman–Crippen LogP) is 1.57. The molecule has 0 saturated heterocycles. The maximum atomic E-state index is 5.40. The van der Waals surface area contributed by atoms with Gasteiger partial charge >= 0.3 is 63.0 Å². The Kier molecular flexibility index (Phi) is 7.09. The van der Waals surface area contributed by atoms with E-state index in [1.54, 1.807) is 0 Å². The SMILES string of the molecule is CC[O][Ga]([CH2]C)[O]CC. The van der Waals surface area contributed by atoms with Crippen LogP contribution in [0.4, 0.5) is 0 Å². The molecule has 0 heterocycles. The molecule has 54 valence electrons. The second kappa shape index (κ2) is 6.67. The van der Waals surface area contributed by atoms with E-state index in [-0.39, 0.29) is 0 Å². The summed E-state index contributed by atoms with van der Waals surface area (Å²) in [6.45, 7) is 7.81. The molecule has 0 aromatic carbocycles. The van der Waals surface area contributed by atoms with Crippen LogP contribution in [-0.2, 0) is 7.06 Å². The topological polar surface area (TPSA) is 18.5 Å². The monoisotopic (exact) mass is 188 g/mol. The van der Waals surface area contributed by atoms with Gasteiger partial charge in [-0.05, 0) is 0 Å². The normalized spacial score (nSPS) is 9.67. The van der Waals surface area contributed by atoms with Crippen molar-refractivity contribution in [3.63, 3.8) is 0 Å². The summed E-state index contributed by atoms with van der Waals surface area (Å²) in [5.41, 5.74) is 0. The van der Waals surface area contributed by atoms with Crippen molar-refractivity contribution in [1.29, 1.82) is 0 Å². The van der Waals surface area contributed by atoms with Crippen LogP contribution in [0, 0.1) is 0 Å². The Morgan fingerprint density at radius 3 is 1.67 bits per heavy atom. The van der Waals surface area contributed by atoms with E-state index in [0.29, 0.717) is 0 Å². The van der Waals surface area contributed by atoms with E-state index >= 15 is 0 Å². The van der Waals surface area contributed by atoms with Crippen LogP contribution in [0.3, 0.4) is 0 Å². The minimum atomic E-state index is -1.64. The Hall–Kier alpha value is 0.556. The molecule has 0 spiro atoms. The Morgan fingerprint density at radius 2 is 1.44 bits per heavy atom. The predicted molar refractivity (Wildman–Crippen MR) is 39.5 cm³/mol. The summed E-state index contributed by atoms with van der Waals surface area (Å²) in [7, 11) is 0. The van der Waals surface area contributed by atoms with Crippen molar-refractivity contribution in [2.75, 3.05) is 13.2 Å². The fourth-order valence-corrected chi connectivity index (χ4v) is 3.41. The van der Waals surface area contributed by atoms with Crippen molar-refractivity contribution in [1.82, 2.24) is 0 Å². The molecule has 0 rings (SSSR count). The van der Waals surface area contributed by atoms with E-state index in [1.807, 2.05) is 13.8 Å². The van der Waals surface area contributed by atoms with Gasteiger partial charge in [-0.15, -0.1) is 0 Å². The molecule has 0 aromatic heterocycles. The summed E-state index contributed by atoms with van der Waals surface area (Å²) in [4.78, 5) is 1.12. The molecular formula is C6H15GaO2. The first-order valence-electron chi connectivity index (χ1n) is 3.58. The van der Waals surface area contributed by atoms with Gasteiger partial charge in [-0.1, -0.05) is 0 Å².